The van der Waals surface area contributed by atoms with Gasteiger partial charge in [0.1, 0.15) is 9.84 Å². The average molecular weight is 386 g/mol. The van der Waals surface area contributed by atoms with Crippen molar-refractivity contribution in [2.75, 3.05) is 17.8 Å². The Hall–Kier alpha value is -0.860. The van der Waals surface area contributed by atoms with Crippen LogP contribution in [-0.2, 0) is 29.7 Å². The van der Waals surface area contributed by atoms with Crippen molar-refractivity contribution in [2.45, 2.75) is 37.8 Å². The van der Waals surface area contributed by atoms with Crippen molar-refractivity contribution in [3.63, 3.8) is 0 Å². The minimum Gasteiger partial charge on any atom is -0.305 e. The Morgan fingerprint density at radius 2 is 2.21 bits per heavy atom. The number of thioether (sulfide) groups is 1. The van der Waals surface area contributed by atoms with Gasteiger partial charge in [-0.05, 0) is 36.8 Å². The van der Waals surface area contributed by atoms with Gasteiger partial charge in [0, 0.05) is 23.9 Å². The first-order chi connectivity index (χ1) is 11.4. The van der Waals surface area contributed by atoms with Crippen molar-refractivity contribution in [3.8, 4) is 10.7 Å². The van der Waals surface area contributed by atoms with Gasteiger partial charge in [0.05, 0.1) is 10.6 Å². The van der Waals surface area contributed by atoms with Crippen molar-refractivity contribution in [1.29, 1.82) is 0 Å². The zero-order chi connectivity index (χ0) is 17.3. The molecule has 0 aliphatic heterocycles. The maximum atomic E-state index is 11.2. The minimum atomic E-state index is -2.94. The molecule has 132 valence electrons. The van der Waals surface area contributed by atoms with Crippen molar-refractivity contribution in [2.24, 2.45) is 13.0 Å². The summed E-state index contributed by atoms with van der Waals surface area (Å²) in [6.45, 7) is 2.27. The molecule has 0 saturated carbocycles. The molecule has 2 aromatic heterocycles. The van der Waals surface area contributed by atoms with Crippen LogP contribution in [0.25, 0.3) is 10.7 Å². The molecule has 0 aromatic carbocycles. The molecule has 5 nitrogen and oxygen atoms in total. The number of nitrogens with zero attached hydrogens (tertiary/aromatic N) is 3. The summed E-state index contributed by atoms with van der Waals surface area (Å²) in [6, 6.07) is 2.27. The van der Waals surface area contributed by atoms with Gasteiger partial charge in [0.25, 0.3) is 0 Å². The van der Waals surface area contributed by atoms with Gasteiger partial charge in [-0.25, -0.2) is 8.42 Å². The monoisotopic (exact) mass is 385 g/mol. The van der Waals surface area contributed by atoms with Crippen LogP contribution in [0.4, 0.5) is 0 Å². The Balaban J connectivity index is 1.75. The second-order valence-electron chi connectivity index (χ2n) is 6.42. The molecule has 2 heterocycles. The number of aromatic nitrogens is 3. The fraction of sp³-hybridized carbons (Fsp3) is 0.625. The molecule has 0 saturated heterocycles. The minimum absolute atomic E-state index is 0.158. The molecule has 1 atom stereocenters. The average Bonchev–Trinajstić information content (AvgIpc) is 3.09. The number of sulfone groups is 1. The summed E-state index contributed by atoms with van der Waals surface area (Å²) >= 11 is 3.27. The van der Waals surface area contributed by atoms with E-state index in [9.17, 15) is 8.42 Å². The summed E-state index contributed by atoms with van der Waals surface area (Å²) in [7, 11) is -0.989. The van der Waals surface area contributed by atoms with Crippen LogP contribution in [0.5, 0.6) is 0 Å². The fourth-order valence-corrected chi connectivity index (χ4v) is 6.33. The van der Waals surface area contributed by atoms with Gasteiger partial charge < -0.3 is 4.57 Å². The van der Waals surface area contributed by atoms with E-state index in [4.69, 9.17) is 0 Å². The molecule has 0 N–H and O–H groups in total. The number of hydrogen-bond donors (Lipinski definition) is 0. The Labute approximate surface area is 151 Å². The third-order valence-corrected chi connectivity index (χ3v) is 7.96. The first-order valence-corrected chi connectivity index (χ1v) is 12.1. The van der Waals surface area contributed by atoms with Crippen LogP contribution in [0.3, 0.4) is 0 Å². The largest absolute Gasteiger partial charge is 0.305 e. The molecule has 0 radical (unpaired) electrons. The van der Waals surface area contributed by atoms with Crippen LogP contribution in [0.2, 0.25) is 0 Å². The smallest absolute Gasteiger partial charge is 0.191 e. The summed E-state index contributed by atoms with van der Waals surface area (Å²) < 4.78 is 24.5. The Morgan fingerprint density at radius 1 is 1.42 bits per heavy atom. The van der Waals surface area contributed by atoms with E-state index in [-0.39, 0.29) is 5.75 Å². The highest BCUT2D eigenvalue weighted by Crippen LogP contribution is 2.37. The highest BCUT2D eigenvalue weighted by molar-refractivity contribution is 8.00. The van der Waals surface area contributed by atoms with Gasteiger partial charge in [0.15, 0.2) is 11.0 Å². The van der Waals surface area contributed by atoms with Crippen molar-refractivity contribution < 1.29 is 8.42 Å². The number of thiophene rings is 1. The lowest BCUT2D eigenvalue weighted by Crippen LogP contribution is -2.10. The molecule has 0 spiro atoms. The van der Waals surface area contributed by atoms with Gasteiger partial charge in [-0.15, -0.1) is 21.5 Å². The predicted octanol–water partition coefficient (Wildman–Crippen LogP) is 3.20. The van der Waals surface area contributed by atoms with Crippen LogP contribution in [0.1, 0.15) is 30.2 Å². The number of hydrogen-bond acceptors (Lipinski definition) is 6. The zero-order valence-corrected chi connectivity index (χ0v) is 16.7. The van der Waals surface area contributed by atoms with Crippen molar-refractivity contribution in [1.82, 2.24) is 14.8 Å². The summed E-state index contributed by atoms with van der Waals surface area (Å²) in [5.74, 6) is 2.35. The maximum Gasteiger partial charge on any atom is 0.191 e. The number of fused-ring (bicyclic) bond motifs is 1. The van der Waals surface area contributed by atoms with Gasteiger partial charge in [0.2, 0.25) is 0 Å². The first kappa shape index (κ1) is 17.9. The summed E-state index contributed by atoms with van der Waals surface area (Å²) in [5.41, 5.74) is 1.47. The van der Waals surface area contributed by atoms with Crippen LogP contribution in [-0.4, -0.2) is 40.9 Å². The molecule has 0 bridgehead atoms. The molecule has 1 aliphatic carbocycles. The third kappa shape index (κ3) is 4.03. The van der Waals surface area contributed by atoms with Gasteiger partial charge in [-0.3, -0.25) is 0 Å². The second-order valence-corrected chi connectivity index (χ2v) is 10.9. The Kier molecular flexibility index (Phi) is 5.36. The number of aryl methyl sites for hydroxylation is 1. The van der Waals surface area contributed by atoms with E-state index in [1.165, 1.54) is 59.0 Å². The van der Waals surface area contributed by atoms with E-state index in [0.29, 0.717) is 5.75 Å². The first-order valence-electron chi connectivity index (χ1n) is 8.19. The maximum absolute atomic E-state index is 11.2. The lowest BCUT2D eigenvalue weighted by atomic mass is 9.87. The lowest BCUT2D eigenvalue weighted by Gasteiger charge is -2.19. The molecule has 0 fully saturated rings. The van der Waals surface area contributed by atoms with Crippen molar-refractivity contribution >= 4 is 32.9 Å². The molecular weight excluding hydrogens is 362 g/mol. The van der Waals surface area contributed by atoms with Gasteiger partial charge in [-0.2, -0.15) is 0 Å². The molecule has 1 unspecified atom stereocenters. The van der Waals surface area contributed by atoms with E-state index in [1.807, 2.05) is 23.0 Å². The van der Waals surface area contributed by atoms with Crippen LogP contribution in [0, 0.1) is 5.92 Å². The fourth-order valence-electron chi connectivity index (χ4n) is 3.00. The van der Waals surface area contributed by atoms with Gasteiger partial charge in [-0.1, -0.05) is 25.1 Å². The molecular formula is C16H23N3O2S3. The van der Waals surface area contributed by atoms with Crippen LogP contribution in [0.15, 0.2) is 11.2 Å². The van der Waals surface area contributed by atoms with Crippen LogP contribution < -0.4 is 0 Å². The third-order valence-electron chi connectivity index (χ3n) is 4.50. The SMILES string of the molecule is CCC1CCc2sc(-c3nnc(SCCS(C)(=O)=O)n3C)cc2C1. The standard InChI is InChI=1S/C16H23N3O2S3/c1-4-11-5-6-13-12(9-11)10-14(23-13)15-17-18-16(19(15)2)22-7-8-24(3,20)21/h10-11H,4-9H2,1-3H3. The molecule has 1 aliphatic rings. The molecule has 8 heteroatoms. The normalized spacial score (nSPS) is 17.9. The van der Waals surface area contributed by atoms with E-state index in [2.05, 4.69) is 23.2 Å². The van der Waals surface area contributed by atoms with Crippen LogP contribution >= 0.6 is 23.1 Å². The lowest BCUT2D eigenvalue weighted by molar-refractivity contribution is 0.449. The molecule has 3 rings (SSSR count). The molecule has 24 heavy (non-hydrogen) atoms. The van der Waals surface area contributed by atoms with E-state index in [1.54, 1.807) is 0 Å². The van der Waals surface area contributed by atoms with E-state index >= 15 is 0 Å². The summed E-state index contributed by atoms with van der Waals surface area (Å²) in [5, 5.41) is 9.34. The quantitative estimate of drug-likeness (QED) is 0.715. The Bertz CT molecular complexity index is 824. The highest BCUT2D eigenvalue weighted by atomic mass is 32.2. The molecule has 2 aromatic rings. The van der Waals surface area contributed by atoms with Crippen molar-refractivity contribution in [3.05, 3.63) is 16.5 Å². The number of rotatable bonds is 6. The second kappa shape index (κ2) is 7.17. The highest BCUT2D eigenvalue weighted by Gasteiger charge is 2.22. The Morgan fingerprint density at radius 3 is 2.92 bits per heavy atom. The predicted molar refractivity (Wildman–Crippen MR) is 101 cm³/mol. The topological polar surface area (TPSA) is 64.8 Å². The summed E-state index contributed by atoms with van der Waals surface area (Å²) in [4.78, 5) is 2.66. The van der Waals surface area contributed by atoms with E-state index < -0.39 is 9.84 Å². The summed E-state index contributed by atoms with van der Waals surface area (Å²) in [6.07, 6.45) is 6.14. The molecule has 0 amide bonds. The van der Waals surface area contributed by atoms with E-state index in [0.717, 1.165) is 16.9 Å². The van der Waals surface area contributed by atoms with Gasteiger partial charge >= 0.3 is 0 Å². The zero-order valence-electron chi connectivity index (χ0n) is 14.3.